The number of hydrogen-bond acceptors (Lipinski definition) is 2. The van der Waals surface area contributed by atoms with Gasteiger partial charge >= 0.3 is 0 Å². The molecule has 4 heteroatoms. The van der Waals surface area contributed by atoms with Gasteiger partial charge < -0.3 is 9.47 Å². The molecule has 1 aromatic heterocycles. The van der Waals surface area contributed by atoms with Gasteiger partial charge in [0, 0.05) is 31.9 Å². The maximum Gasteiger partial charge on any atom is 0.220 e. The van der Waals surface area contributed by atoms with Crippen molar-refractivity contribution in [2.75, 3.05) is 0 Å². The van der Waals surface area contributed by atoms with Crippen LogP contribution in [-0.2, 0) is 17.9 Å². The van der Waals surface area contributed by atoms with Gasteiger partial charge in [-0.25, -0.2) is 4.98 Å². The molecule has 0 aliphatic rings. The summed E-state index contributed by atoms with van der Waals surface area (Å²) in [7, 11) is 0. The van der Waals surface area contributed by atoms with Gasteiger partial charge in [0.15, 0.2) is 0 Å². The van der Waals surface area contributed by atoms with Crippen LogP contribution in [0.4, 0.5) is 0 Å². The minimum Gasteiger partial charge on any atom is -0.333 e. The van der Waals surface area contributed by atoms with E-state index in [1.165, 1.54) is 16.7 Å². The van der Waals surface area contributed by atoms with Gasteiger partial charge in [0.05, 0.1) is 6.54 Å². The first-order valence-corrected chi connectivity index (χ1v) is 7.72. The SMILES string of the molecule is CC(=O)N(Cc1nccn1Cc1cc(C)ccc1C)C(C)C. The van der Waals surface area contributed by atoms with E-state index in [4.69, 9.17) is 0 Å². The molecular weight excluding hydrogens is 274 g/mol. The van der Waals surface area contributed by atoms with Crippen molar-refractivity contribution < 1.29 is 4.79 Å². The molecule has 118 valence electrons. The second-order valence-corrected chi connectivity index (χ2v) is 6.14. The Kier molecular flexibility index (Phi) is 5.01. The molecule has 1 amide bonds. The first-order valence-electron chi connectivity index (χ1n) is 7.72. The van der Waals surface area contributed by atoms with Crippen LogP contribution in [0.25, 0.3) is 0 Å². The largest absolute Gasteiger partial charge is 0.333 e. The van der Waals surface area contributed by atoms with E-state index in [-0.39, 0.29) is 11.9 Å². The molecule has 0 atom stereocenters. The second-order valence-electron chi connectivity index (χ2n) is 6.14. The Morgan fingerprint density at radius 1 is 1.32 bits per heavy atom. The molecule has 0 fully saturated rings. The molecule has 0 aliphatic heterocycles. The summed E-state index contributed by atoms with van der Waals surface area (Å²) in [5.41, 5.74) is 3.82. The van der Waals surface area contributed by atoms with Crippen LogP contribution in [0, 0.1) is 13.8 Å². The number of aromatic nitrogens is 2. The van der Waals surface area contributed by atoms with Crippen LogP contribution in [0.2, 0.25) is 0 Å². The van der Waals surface area contributed by atoms with Gasteiger partial charge in [0.25, 0.3) is 0 Å². The Labute approximate surface area is 132 Å². The third kappa shape index (κ3) is 3.75. The molecule has 0 N–H and O–H groups in total. The van der Waals surface area contributed by atoms with Crippen LogP contribution in [0.1, 0.15) is 43.3 Å². The normalized spacial score (nSPS) is 11.0. The lowest BCUT2D eigenvalue weighted by atomic mass is 10.1. The number of imidazole rings is 1. The molecule has 0 bridgehead atoms. The Hall–Kier alpha value is -2.10. The van der Waals surface area contributed by atoms with Crippen molar-refractivity contribution in [3.05, 3.63) is 53.1 Å². The standard InChI is InChI=1S/C18H25N3O/c1-13(2)21(16(5)22)12-18-19-8-9-20(18)11-17-10-14(3)6-7-15(17)4/h6-10,13H,11-12H2,1-5H3. The third-order valence-electron chi connectivity index (χ3n) is 3.99. The first-order chi connectivity index (χ1) is 10.4. The Morgan fingerprint density at radius 2 is 2.05 bits per heavy atom. The van der Waals surface area contributed by atoms with Gasteiger partial charge in [-0.1, -0.05) is 23.8 Å². The quantitative estimate of drug-likeness (QED) is 0.849. The van der Waals surface area contributed by atoms with Crippen molar-refractivity contribution in [2.24, 2.45) is 0 Å². The molecule has 0 spiro atoms. The molecule has 0 unspecified atom stereocenters. The molecule has 2 aromatic rings. The van der Waals surface area contributed by atoms with Gasteiger partial charge in [-0.2, -0.15) is 0 Å². The van der Waals surface area contributed by atoms with E-state index >= 15 is 0 Å². The number of hydrogen-bond donors (Lipinski definition) is 0. The van der Waals surface area contributed by atoms with Gasteiger partial charge in [-0.15, -0.1) is 0 Å². The summed E-state index contributed by atoms with van der Waals surface area (Å²) in [6, 6.07) is 6.66. The summed E-state index contributed by atoms with van der Waals surface area (Å²) in [5, 5.41) is 0. The van der Waals surface area contributed by atoms with Gasteiger partial charge in [0.2, 0.25) is 5.91 Å². The Bertz CT molecular complexity index is 658. The van der Waals surface area contributed by atoms with Gasteiger partial charge in [-0.05, 0) is 38.8 Å². The summed E-state index contributed by atoms with van der Waals surface area (Å²) in [6.07, 6.45) is 3.79. The monoisotopic (exact) mass is 299 g/mol. The number of amides is 1. The predicted octanol–water partition coefficient (Wildman–Crippen LogP) is 3.31. The smallest absolute Gasteiger partial charge is 0.220 e. The van der Waals surface area contributed by atoms with Crippen molar-refractivity contribution in [3.8, 4) is 0 Å². The van der Waals surface area contributed by atoms with Gasteiger partial charge in [0.1, 0.15) is 5.82 Å². The highest BCUT2D eigenvalue weighted by Crippen LogP contribution is 2.15. The molecule has 1 aromatic carbocycles. The summed E-state index contributed by atoms with van der Waals surface area (Å²) in [5.74, 6) is 1.00. The molecule has 0 saturated carbocycles. The second kappa shape index (κ2) is 6.77. The van der Waals surface area contributed by atoms with E-state index in [1.807, 2.05) is 24.9 Å². The average Bonchev–Trinajstić information content (AvgIpc) is 2.86. The van der Waals surface area contributed by atoms with E-state index in [0.29, 0.717) is 6.54 Å². The van der Waals surface area contributed by atoms with E-state index in [0.717, 1.165) is 12.4 Å². The number of carbonyl (C=O) groups excluding carboxylic acids is 1. The molecule has 0 aliphatic carbocycles. The summed E-state index contributed by atoms with van der Waals surface area (Å²) in [4.78, 5) is 18.0. The zero-order chi connectivity index (χ0) is 16.3. The Balaban J connectivity index is 2.22. The fourth-order valence-corrected chi connectivity index (χ4v) is 2.60. The van der Waals surface area contributed by atoms with E-state index < -0.39 is 0 Å². The van der Waals surface area contributed by atoms with Crippen LogP contribution in [0.15, 0.2) is 30.6 Å². The average molecular weight is 299 g/mol. The van der Waals surface area contributed by atoms with Crippen molar-refractivity contribution in [1.29, 1.82) is 0 Å². The van der Waals surface area contributed by atoms with Crippen LogP contribution in [-0.4, -0.2) is 26.4 Å². The zero-order valence-corrected chi connectivity index (χ0v) is 14.1. The first kappa shape index (κ1) is 16.3. The maximum absolute atomic E-state index is 11.8. The van der Waals surface area contributed by atoms with Crippen LogP contribution < -0.4 is 0 Å². The summed E-state index contributed by atoms with van der Waals surface area (Å²) >= 11 is 0. The van der Waals surface area contributed by atoms with E-state index in [9.17, 15) is 4.79 Å². The molecule has 22 heavy (non-hydrogen) atoms. The van der Waals surface area contributed by atoms with E-state index in [2.05, 4.69) is 41.6 Å². The van der Waals surface area contributed by atoms with Gasteiger partial charge in [-0.3, -0.25) is 4.79 Å². The molecular formula is C18H25N3O. The van der Waals surface area contributed by atoms with Crippen LogP contribution in [0.5, 0.6) is 0 Å². The van der Waals surface area contributed by atoms with Crippen molar-refractivity contribution in [1.82, 2.24) is 14.5 Å². The van der Waals surface area contributed by atoms with Crippen molar-refractivity contribution >= 4 is 5.91 Å². The molecule has 0 saturated heterocycles. The number of rotatable bonds is 5. The number of nitrogens with zero attached hydrogens (tertiary/aromatic N) is 3. The maximum atomic E-state index is 11.8. The third-order valence-corrected chi connectivity index (χ3v) is 3.99. The lowest BCUT2D eigenvalue weighted by molar-refractivity contribution is -0.131. The van der Waals surface area contributed by atoms with Crippen LogP contribution in [0.3, 0.4) is 0 Å². The van der Waals surface area contributed by atoms with E-state index in [1.54, 1.807) is 13.1 Å². The number of carbonyl (C=O) groups is 1. The highest BCUT2D eigenvalue weighted by Gasteiger charge is 2.16. The summed E-state index contributed by atoms with van der Waals surface area (Å²) in [6.45, 7) is 11.2. The lowest BCUT2D eigenvalue weighted by Crippen LogP contribution is -2.35. The number of aryl methyl sites for hydroxylation is 2. The van der Waals surface area contributed by atoms with Crippen molar-refractivity contribution in [3.63, 3.8) is 0 Å². The highest BCUT2D eigenvalue weighted by atomic mass is 16.2. The number of benzene rings is 1. The molecule has 4 nitrogen and oxygen atoms in total. The fourth-order valence-electron chi connectivity index (χ4n) is 2.60. The van der Waals surface area contributed by atoms with Crippen LogP contribution >= 0.6 is 0 Å². The van der Waals surface area contributed by atoms with Crippen molar-refractivity contribution in [2.45, 2.75) is 53.8 Å². The highest BCUT2D eigenvalue weighted by molar-refractivity contribution is 5.73. The molecule has 0 radical (unpaired) electrons. The fraction of sp³-hybridized carbons (Fsp3) is 0.444. The lowest BCUT2D eigenvalue weighted by Gasteiger charge is -2.25. The minimum absolute atomic E-state index is 0.0799. The molecule has 2 rings (SSSR count). The zero-order valence-electron chi connectivity index (χ0n) is 14.1. The summed E-state index contributed by atoms with van der Waals surface area (Å²) < 4.78 is 2.13. The Morgan fingerprint density at radius 3 is 2.68 bits per heavy atom. The minimum atomic E-state index is 0.0799. The molecule has 1 heterocycles. The topological polar surface area (TPSA) is 38.1 Å². The predicted molar refractivity (Wildman–Crippen MR) is 88.6 cm³/mol.